The Hall–Kier alpha value is -2.86. The molecule has 3 rings (SSSR count). The Bertz CT molecular complexity index is 751. The van der Waals surface area contributed by atoms with E-state index in [1.54, 1.807) is 24.3 Å². The van der Waals surface area contributed by atoms with Crippen LogP contribution in [0.2, 0.25) is 0 Å². The lowest BCUT2D eigenvalue weighted by molar-refractivity contribution is -0.175. The minimum atomic E-state index is -2.11. The molecule has 2 aromatic carbocycles. The van der Waals surface area contributed by atoms with Crippen LogP contribution in [-0.2, 0) is 16.0 Å². The number of hydrogen-bond donors (Lipinski definition) is 2. The van der Waals surface area contributed by atoms with Crippen LogP contribution < -0.4 is 10.2 Å². The van der Waals surface area contributed by atoms with E-state index in [4.69, 9.17) is 4.74 Å². The minimum Gasteiger partial charge on any atom is -0.407 e. The minimum absolute atomic E-state index is 0.0398. The van der Waals surface area contributed by atoms with E-state index in [1.807, 2.05) is 36.4 Å². The average molecular weight is 354 g/mol. The number of aryl methyl sites for hydroxylation is 1. The normalized spacial score (nSPS) is 19.4. The summed E-state index contributed by atoms with van der Waals surface area (Å²) in [5.41, 5.74) is 1.85. The molecule has 0 saturated carbocycles. The Kier molecular flexibility index (Phi) is 5.53. The number of aliphatic hydroxyl groups is 1. The van der Waals surface area contributed by atoms with E-state index in [2.05, 4.69) is 5.32 Å². The van der Waals surface area contributed by atoms with Gasteiger partial charge in [0.2, 0.25) is 0 Å². The van der Waals surface area contributed by atoms with E-state index in [0.717, 1.165) is 12.8 Å². The second-order valence-corrected chi connectivity index (χ2v) is 6.23. The highest BCUT2D eigenvalue weighted by molar-refractivity contribution is 6.01. The predicted molar refractivity (Wildman–Crippen MR) is 97.6 cm³/mol. The molecule has 1 saturated heterocycles. The number of hydrogen-bond acceptors (Lipinski definition) is 4. The lowest BCUT2D eigenvalue weighted by atomic mass is 10.1. The summed E-state index contributed by atoms with van der Waals surface area (Å²) in [6.45, 7) is 0.695. The number of nitrogens with one attached hydrogen (secondary N) is 1. The molecule has 0 aromatic heterocycles. The predicted octanol–water partition coefficient (Wildman–Crippen LogP) is 2.47. The average Bonchev–Trinajstić information content (AvgIpc) is 2.95. The van der Waals surface area contributed by atoms with Crippen LogP contribution in [0.4, 0.5) is 10.5 Å². The van der Waals surface area contributed by atoms with Crippen LogP contribution in [0.5, 0.6) is 0 Å². The molecule has 1 heterocycles. The van der Waals surface area contributed by atoms with Gasteiger partial charge in [-0.3, -0.25) is 4.79 Å². The molecule has 1 aliphatic heterocycles. The third kappa shape index (κ3) is 4.21. The summed E-state index contributed by atoms with van der Waals surface area (Å²) in [7, 11) is 0. The van der Waals surface area contributed by atoms with Crippen LogP contribution in [0.3, 0.4) is 0 Å². The highest BCUT2D eigenvalue weighted by atomic mass is 16.7. The van der Waals surface area contributed by atoms with Gasteiger partial charge < -0.3 is 20.1 Å². The monoisotopic (exact) mass is 354 g/mol. The van der Waals surface area contributed by atoms with Crippen molar-refractivity contribution in [3.63, 3.8) is 0 Å². The van der Waals surface area contributed by atoms with Gasteiger partial charge in [0.1, 0.15) is 0 Å². The molecule has 1 aliphatic rings. The Labute approximate surface area is 152 Å². The molecule has 6 heteroatoms. The molecule has 26 heavy (non-hydrogen) atoms. The second-order valence-electron chi connectivity index (χ2n) is 6.23. The highest BCUT2D eigenvalue weighted by Gasteiger charge is 2.49. The van der Waals surface area contributed by atoms with Crippen molar-refractivity contribution in [2.45, 2.75) is 25.0 Å². The molecule has 0 bridgehead atoms. The van der Waals surface area contributed by atoms with E-state index < -0.39 is 17.8 Å². The maximum Gasteiger partial charge on any atom is 0.410 e. The molecule has 2 N–H and O–H groups in total. The second kappa shape index (κ2) is 8.01. The number of amides is 2. The summed E-state index contributed by atoms with van der Waals surface area (Å²) in [5.74, 6) is -2.73. The SMILES string of the molecule is O=C(NCCCc1ccccc1)O[C@@]1(O)CCN(c2ccccc2)C1=O. The zero-order valence-electron chi connectivity index (χ0n) is 14.4. The third-order valence-electron chi connectivity index (χ3n) is 4.34. The van der Waals surface area contributed by atoms with E-state index in [1.165, 1.54) is 10.5 Å². The molecule has 6 nitrogen and oxygen atoms in total. The maximum atomic E-state index is 12.4. The summed E-state index contributed by atoms with van der Waals surface area (Å²) in [5, 5.41) is 13.0. The zero-order chi connectivity index (χ0) is 18.4. The van der Waals surface area contributed by atoms with Gasteiger partial charge in [0.05, 0.1) is 0 Å². The third-order valence-corrected chi connectivity index (χ3v) is 4.34. The molecule has 1 atom stereocenters. The summed E-state index contributed by atoms with van der Waals surface area (Å²) in [6, 6.07) is 18.9. The fraction of sp³-hybridized carbons (Fsp3) is 0.300. The number of para-hydroxylation sites is 1. The van der Waals surface area contributed by atoms with Crippen molar-refractivity contribution in [2.75, 3.05) is 18.0 Å². The summed E-state index contributed by atoms with van der Waals surface area (Å²) in [4.78, 5) is 25.8. The Morgan fingerprint density at radius 1 is 1.12 bits per heavy atom. The fourth-order valence-corrected chi connectivity index (χ4v) is 2.95. The first-order chi connectivity index (χ1) is 12.6. The van der Waals surface area contributed by atoms with E-state index in [0.29, 0.717) is 18.8 Å². The van der Waals surface area contributed by atoms with Crippen molar-refractivity contribution in [1.82, 2.24) is 5.32 Å². The van der Waals surface area contributed by atoms with Gasteiger partial charge in [-0.15, -0.1) is 0 Å². The van der Waals surface area contributed by atoms with Gasteiger partial charge in [0.15, 0.2) is 0 Å². The number of benzene rings is 2. The Balaban J connectivity index is 1.47. The van der Waals surface area contributed by atoms with Crippen LogP contribution in [0.25, 0.3) is 0 Å². The number of rotatable bonds is 6. The maximum absolute atomic E-state index is 12.4. The topological polar surface area (TPSA) is 78.9 Å². The number of carbonyl (C=O) groups is 2. The van der Waals surface area contributed by atoms with E-state index in [-0.39, 0.29) is 6.42 Å². The smallest absolute Gasteiger partial charge is 0.407 e. The lowest BCUT2D eigenvalue weighted by Gasteiger charge is -2.22. The Morgan fingerprint density at radius 3 is 2.46 bits per heavy atom. The van der Waals surface area contributed by atoms with Crippen molar-refractivity contribution in [3.05, 3.63) is 66.2 Å². The molecule has 136 valence electrons. The van der Waals surface area contributed by atoms with Crippen LogP contribution in [0, 0.1) is 0 Å². The number of nitrogens with zero attached hydrogens (tertiary/aromatic N) is 1. The van der Waals surface area contributed by atoms with Gasteiger partial charge in [0, 0.05) is 25.2 Å². The van der Waals surface area contributed by atoms with Crippen molar-refractivity contribution in [1.29, 1.82) is 0 Å². The van der Waals surface area contributed by atoms with Crippen molar-refractivity contribution < 1.29 is 19.4 Å². The fourth-order valence-electron chi connectivity index (χ4n) is 2.95. The quantitative estimate of drug-likeness (QED) is 0.617. The first-order valence-corrected chi connectivity index (χ1v) is 8.69. The van der Waals surface area contributed by atoms with Gasteiger partial charge in [-0.05, 0) is 30.5 Å². The molecule has 2 amide bonds. The molecule has 2 aromatic rings. The first-order valence-electron chi connectivity index (χ1n) is 8.69. The summed E-state index contributed by atoms with van der Waals surface area (Å²) >= 11 is 0. The number of ether oxygens (including phenoxy) is 1. The largest absolute Gasteiger partial charge is 0.410 e. The van der Waals surface area contributed by atoms with Crippen molar-refractivity contribution in [2.24, 2.45) is 0 Å². The molecule has 0 spiro atoms. The van der Waals surface area contributed by atoms with Gasteiger partial charge in [-0.1, -0.05) is 48.5 Å². The van der Waals surface area contributed by atoms with Crippen molar-refractivity contribution in [3.8, 4) is 0 Å². The molecular formula is C20H22N2O4. The van der Waals surface area contributed by atoms with E-state index >= 15 is 0 Å². The highest BCUT2D eigenvalue weighted by Crippen LogP contribution is 2.29. The lowest BCUT2D eigenvalue weighted by Crippen LogP contribution is -2.46. The van der Waals surface area contributed by atoms with Crippen LogP contribution >= 0.6 is 0 Å². The molecular weight excluding hydrogens is 332 g/mol. The first kappa shape index (κ1) is 17.9. The molecule has 0 aliphatic carbocycles. The van der Waals surface area contributed by atoms with E-state index in [9.17, 15) is 14.7 Å². The van der Waals surface area contributed by atoms with Gasteiger partial charge in [-0.2, -0.15) is 0 Å². The Morgan fingerprint density at radius 2 is 1.77 bits per heavy atom. The number of carbonyl (C=O) groups excluding carboxylic acids is 2. The van der Waals surface area contributed by atoms with Crippen LogP contribution in [-0.4, -0.2) is 36.0 Å². The molecule has 1 fully saturated rings. The standard InChI is InChI=1S/C20H22N2O4/c23-18-20(25,13-15-22(18)17-11-5-2-6-12-17)26-19(24)21-14-7-10-16-8-3-1-4-9-16/h1-6,8-9,11-12,25H,7,10,13-15H2,(H,21,24)/t20-/m0/s1. The molecule has 0 unspecified atom stereocenters. The van der Waals surface area contributed by atoms with Crippen LogP contribution in [0.1, 0.15) is 18.4 Å². The number of anilines is 1. The van der Waals surface area contributed by atoms with Crippen LogP contribution in [0.15, 0.2) is 60.7 Å². The van der Waals surface area contributed by atoms with Gasteiger partial charge in [0.25, 0.3) is 11.7 Å². The van der Waals surface area contributed by atoms with Crippen molar-refractivity contribution >= 4 is 17.7 Å². The number of alkyl carbamates (subject to hydrolysis) is 1. The molecule has 0 radical (unpaired) electrons. The summed E-state index contributed by atoms with van der Waals surface area (Å²) < 4.78 is 5.03. The zero-order valence-corrected chi connectivity index (χ0v) is 14.4. The summed E-state index contributed by atoms with van der Waals surface area (Å²) in [6.07, 6.45) is 0.815. The van der Waals surface area contributed by atoms with Gasteiger partial charge in [-0.25, -0.2) is 4.79 Å². The van der Waals surface area contributed by atoms with Gasteiger partial charge >= 0.3 is 6.09 Å².